The zero-order chi connectivity index (χ0) is 13.4. The van der Waals surface area contributed by atoms with Crippen LogP contribution >= 0.6 is 11.6 Å². The number of halogens is 1. The molecule has 2 N–H and O–H groups in total. The quantitative estimate of drug-likeness (QED) is 0.916. The molecule has 4 heteroatoms. The molecule has 1 heterocycles. The Kier molecular flexibility index (Phi) is 3.33. The van der Waals surface area contributed by atoms with Gasteiger partial charge >= 0.3 is 0 Å². The summed E-state index contributed by atoms with van der Waals surface area (Å²) >= 11 is 6.20. The maximum Gasteiger partial charge on any atom is 0.0834 e. The highest BCUT2D eigenvalue weighted by Gasteiger charge is 2.28. The van der Waals surface area contributed by atoms with Gasteiger partial charge in [0.2, 0.25) is 0 Å². The van der Waals surface area contributed by atoms with Gasteiger partial charge in [-0.25, -0.2) is 0 Å². The summed E-state index contributed by atoms with van der Waals surface area (Å²) in [6.07, 6.45) is 4.91. The smallest absolute Gasteiger partial charge is 0.0834 e. The molecule has 0 saturated carbocycles. The summed E-state index contributed by atoms with van der Waals surface area (Å²) in [4.78, 5) is 0. The van der Waals surface area contributed by atoms with Crippen LogP contribution in [0.1, 0.15) is 29.3 Å². The van der Waals surface area contributed by atoms with Crippen LogP contribution in [0.5, 0.6) is 0 Å². The molecule has 0 fully saturated rings. The summed E-state index contributed by atoms with van der Waals surface area (Å²) in [7, 11) is 1.90. The Morgan fingerprint density at radius 1 is 1.37 bits per heavy atom. The van der Waals surface area contributed by atoms with Crippen molar-refractivity contribution < 1.29 is 0 Å². The number of benzene rings is 1. The predicted molar refractivity (Wildman–Crippen MR) is 77.1 cm³/mol. The highest BCUT2D eigenvalue weighted by Crippen LogP contribution is 2.34. The molecule has 0 aliphatic heterocycles. The van der Waals surface area contributed by atoms with Gasteiger partial charge in [-0.05, 0) is 36.3 Å². The van der Waals surface area contributed by atoms with Crippen molar-refractivity contribution in [3.63, 3.8) is 0 Å². The van der Waals surface area contributed by atoms with Crippen LogP contribution in [0.15, 0.2) is 30.5 Å². The molecule has 1 aromatic heterocycles. The molecule has 0 amide bonds. The number of aromatic nitrogens is 2. The number of rotatable bonds is 2. The number of nitrogens with zero attached hydrogens (tertiary/aromatic N) is 2. The molecule has 2 atom stereocenters. The van der Waals surface area contributed by atoms with Gasteiger partial charge in [-0.3, -0.25) is 4.68 Å². The second-order valence-corrected chi connectivity index (χ2v) is 5.71. The lowest BCUT2D eigenvalue weighted by molar-refractivity contribution is 0.368. The van der Waals surface area contributed by atoms with E-state index in [-0.39, 0.29) is 6.04 Å². The van der Waals surface area contributed by atoms with E-state index in [0.29, 0.717) is 10.9 Å². The summed E-state index contributed by atoms with van der Waals surface area (Å²) in [5.41, 5.74) is 10.3. The standard InChI is InChI=1S/C15H18ClN3/c1-19-15(13(16)9-18-19)14(17)12-7-6-10-4-2-3-5-11(10)8-12/h2-5,9,12,14H,6-8,17H2,1H3. The molecular formula is C15H18ClN3. The number of fused-ring (bicyclic) bond motifs is 1. The molecule has 0 saturated heterocycles. The average molecular weight is 276 g/mol. The van der Waals surface area contributed by atoms with E-state index in [9.17, 15) is 0 Å². The van der Waals surface area contributed by atoms with Gasteiger partial charge in [-0.15, -0.1) is 0 Å². The van der Waals surface area contributed by atoms with Crippen molar-refractivity contribution in [3.05, 3.63) is 52.3 Å². The minimum absolute atomic E-state index is 0.0478. The lowest BCUT2D eigenvalue weighted by Gasteiger charge is -2.29. The van der Waals surface area contributed by atoms with Crippen molar-refractivity contribution in [3.8, 4) is 0 Å². The summed E-state index contributed by atoms with van der Waals surface area (Å²) < 4.78 is 1.80. The van der Waals surface area contributed by atoms with Crippen LogP contribution in [0.25, 0.3) is 0 Å². The first-order chi connectivity index (χ1) is 9.16. The van der Waals surface area contributed by atoms with E-state index >= 15 is 0 Å². The highest BCUT2D eigenvalue weighted by molar-refractivity contribution is 6.31. The van der Waals surface area contributed by atoms with Crippen LogP contribution in [0.3, 0.4) is 0 Å². The van der Waals surface area contributed by atoms with Crippen LogP contribution in [-0.4, -0.2) is 9.78 Å². The highest BCUT2D eigenvalue weighted by atomic mass is 35.5. The molecule has 1 aliphatic carbocycles. The van der Waals surface area contributed by atoms with E-state index in [2.05, 4.69) is 29.4 Å². The molecule has 19 heavy (non-hydrogen) atoms. The summed E-state index contributed by atoms with van der Waals surface area (Å²) in [6.45, 7) is 0. The Hall–Kier alpha value is -1.32. The summed E-state index contributed by atoms with van der Waals surface area (Å²) in [5, 5.41) is 4.86. The molecular weight excluding hydrogens is 258 g/mol. The minimum atomic E-state index is -0.0478. The van der Waals surface area contributed by atoms with Gasteiger partial charge in [0.15, 0.2) is 0 Å². The van der Waals surface area contributed by atoms with Gasteiger partial charge < -0.3 is 5.73 Å². The Morgan fingerprint density at radius 2 is 2.11 bits per heavy atom. The van der Waals surface area contributed by atoms with Gasteiger partial charge in [0.25, 0.3) is 0 Å². The Balaban J connectivity index is 1.85. The maximum atomic E-state index is 6.43. The fourth-order valence-electron chi connectivity index (χ4n) is 3.05. The lowest BCUT2D eigenvalue weighted by Crippen LogP contribution is -2.28. The van der Waals surface area contributed by atoms with E-state index in [4.69, 9.17) is 17.3 Å². The molecule has 1 aliphatic rings. The van der Waals surface area contributed by atoms with Crippen molar-refractivity contribution >= 4 is 11.6 Å². The summed E-state index contributed by atoms with van der Waals surface area (Å²) in [5.74, 6) is 0.433. The number of hydrogen-bond donors (Lipinski definition) is 1. The molecule has 3 nitrogen and oxygen atoms in total. The molecule has 2 unspecified atom stereocenters. The number of hydrogen-bond acceptors (Lipinski definition) is 2. The zero-order valence-electron chi connectivity index (χ0n) is 11.0. The van der Waals surface area contributed by atoms with Gasteiger partial charge in [0, 0.05) is 7.05 Å². The van der Waals surface area contributed by atoms with Gasteiger partial charge in [-0.1, -0.05) is 35.9 Å². The molecule has 3 rings (SSSR count). The lowest BCUT2D eigenvalue weighted by atomic mass is 9.79. The monoisotopic (exact) mass is 275 g/mol. The fraction of sp³-hybridized carbons (Fsp3) is 0.400. The van der Waals surface area contributed by atoms with Crippen LogP contribution < -0.4 is 5.73 Å². The van der Waals surface area contributed by atoms with Gasteiger partial charge in [0.05, 0.1) is 23.0 Å². The van der Waals surface area contributed by atoms with Crippen molar-refractivity contribution in [2.24, 2.45) is 18.7 Å². The van der Waals surface area contributed by atoms with Crippen LogP contribution in [0.4, 0.5) is 0 Å². The van der Waals surface area contributed by atoms with Crippen molar-refractivity contribution in [1.29, 1.82) is 0 Å². The fourth-order valence-corrected chi connectivity index (χ4v) is 3.34. The first-order valence-electron chi connectivity index (χ1n) is 6.66. The Labute approximate surface area is 118 Å². The summed E-state index contributed by atoms with van der Waals surface area (Å²) in [6, 6.07) is 8.59. The van der Waals surface area contributed by atoms with Crippen LogP contribution in [0.2, 0.25) is 5.02 Å². The van der Waals surface area contributed by atoms with Crippen LogP contribution in [0, 0.1) is 5.92 Å². The topological polar surface area (TPSA) is 43.8 Å². The third-order valence-corrected chi connectivity index (χ3v) is 4.44. The van der Waals surface area contributed by atoms with E-state index in [1.165, 1.54) is 11.1 Å². The third kappa shape index (κ3) is 2.28. The molecule has 2 aromatic rings. The number of aryl methyl sites for hydroxylation is 2. The van der Waals surface area contributed by atoms with E-state index < -0.39 is 0 Å². The van der Waals surface area contributed by atoms with Gasteiger partial charge in [-0.2, -0.15) is 5.10 Å². The third-order valence-electron chi connectivity index (χ3n) is 4.15. The largest absolute Gasteiger partial charge is 0.322 e. The maximum absolute atomic E-state index is 6.43. The van der Waals surface area contributed by atoms with Crippen molar-refractivity contribution in [1.82, 2.24) is 9.78 Å². The normalized spacial score (nSPS) is 20.1. The first-order valence-corrected chi connectivity index (χ1v) is 7.04. The molecule has 1 aromatic carbocycles. The first kappa shape index (κ1) is 12.7. The second kappa shape index (κ2) is 4.99. The van der Waals surface area contributed by atoms with Gasteiger partial charge in [0.1, 0.15) is 0 Å². The number of nitrogens with two attached hydrogens (primary N) is 1. The second-order valence-electron chi connectivity index (χ2n) is 5.30. The average Bonchev–Trinajstić information content (AvgIpc) is 2.77. The van der Waals surface area contributed by atoms with E-state index in [0.717, 1.165) is 25.0 Å². The van der Waals surface area contributed by atoms with E-state index in [1.807, 2.05) is 7.05 Å². The van der Waals surface area contributed by atoms with Crippen LogP contribution in [-0.2, 0) is 19.9 Å². The van der Waals surface area contributed by atoms with Crippen molar-refractivity contribution in [2.45, 2.75) is 25.3 Å². The zero-order valence-corrected chi connectivity index (χ0v) is 11.8. The van der Waals surface area contributed by atoms with E-state index in [1.54, 1.807) is 10.9 Å². The molecule has 0 radical (unpaired) electrons. The Morgan fingerprint density at radius 3 is 2.79 bits per heavy atom. The molecule has 0 spiro atoms. The molecule has 0 bridgehead atoms. The predicted octanol–water partition coefficient (Wildman–Crippen LogP) is 2.88. The molecule has 100 valence electrons. The van der Waals surface area contributed by atoms with Crippen molar-refractivity contribution in [2.75, 3.05) is 0 Å². The minimum Gasteiger partial charge on any atom is -0.322 e. The Bertz CT molecular complexity index is 571. The SMILES string of the molecule is Cn1ncc(Cl)c1C(N)C1CCc2ccccc2C1.